The van der Waals surface area contributed by atoms with Crippen LogP contribution in [0.4, 0.5) is 22.7 Å². The lowest BCUT2D eigenvalue weighted by Gasteiger charge is -2.15. The molecule has 0 radical (unpaired) electrons. The molecular formula is C20H20N4O2. The van der Waals surface area contributed by atoms with Gasteiger partial charge in [-0.15, -0.1) is 0 Å². The van der Waals surface area contributed by atoms with Gasteiger partial charge in [-0.2, -0.15) is 10.2 Å². The smallest absolute Gasteiger partial charge is 0.250 e. The minimum Gasteiger partial charge on any atom is -0.312 e. The van der Waals surface area contributed by atoms with Crippen LogP contribution >= 0.6 is 0 Å². The number of benzene rings is 2. The van der Waals surface area contributed by atoms with Gasteiger partial charge in [0.15, 0.2) is 0 Å². The summed E-state index contributed by atoms with van der Waals surface area (Å²) in [6.45, 7) is 6.94. The summed E-state index contributed by atoms with van der Waals surface area (Å²) in [6.07, 6.45) is 2.52. The van der Waals surface area contributed by atoms with Gasteiger partial charge in [-0.1, -0.05) is 13.2 Å². The summed E-state index contributed by atoms with van der Waals surface area (Å²) in [7, 11) is 3.35. The average molecular weight is 348 g/mol. The van der Waals surface area contributed by atoms with Crippen molar-refractivity contribution in [1.29, 1.82) is 0 Å². The SMILES string of the molecule is C=CC(=O)N(C)c1ccc(N=Nc2ccc(N(C)C(=O)C=C)cc2)cc1. The highest BCUT2D eigenvalue weighted by Crippen LogP contribution is 2.23. The molecule has 0 aliphatic carbocycles. The second kappa shape index (κ2) is 8.53. The lowest BCUT2D eigenvalue weighted by atomic mass is 10.2. The zero-order valence-corrected chi connectivity index (χ0v) is 14.8. The van der Waals surface area contributed by atoms with Gasteiger partial charge in [-0.3, -0.25) is 9.59 Å². The van der Waals surface area contributed by atoms with Crippen molar-refractivity contribution in [2.24, 2.45) is 10.2 Å². The van der Waals surface area contributed by atoms with E-state index in [2.05, 4.69) is 23.4 Å². The second-order valence-corrected chi connectivity index (χ2v) is 5.44. The molecule has 26 heavy (non-hydrogen) atoms. The van der Waals surface area contributed by atoms with Crippen LogP contribution in [0.3, 0.4) is 0 Å². The van der Waals surface area contributed by atoms with Crippen LogP contribution in [0.15, 0.2) is 84.1 Å². The number of hydrogen-bond donors (Lipinski definition) is 0. The van der Waals surface area contributed by atoms with Crippen LogP contribution in [-0.4, -0.2) is 25.9 Å². The van der Waals surface area contributed by atoms with Gasteiger partial charge < -0.3 is 9.80 Å². The van der Waals surface area contributed by atoms with Crippen molar-refractivity contribution >= 4 is 34.6 Å². The molecular weight excluding hydrogens is 328 g/mol. The Morgan fingerprint density at radius 1 is 0.731 bits per heavy atom. The first-order valence-corrected chi connectivity index (χ1v) is 7.88. The summed E-state index contributed by atoms with van der Waals surface area (Å²) < 4.78 is 0. The standard InChI is InChI=1S/C20H20N4O2/c1-5-19(25)23(3)17-11-7-15(8-12-17)21-22-16-9-13-18(14-10-16)24(4)20(26)6-2/h5-14H,1-2H2,3-4H3. The normalized spacial score (nSPS) is 10.4. The van der Waals surface area contributed by atoms with Crippen LogP contribution in [0.5, 0.6) is 0 Å². The van der Waals surface area contributed by atoms with Gasteiger partial charge in [-0.05, 0) is 60.7 Å². The van der Waals surface area contributed by atoms with Crippen molar-refractivity contribution in [3.63, 3.8) is 0 Å². The molecule has 0 aliphatic heterocycles. The summed E-state index contributed by atoms with van der Waals surface area (Å²) in [5, 5.41) is 8.34. The lowest BCUT2D eigenvalue weighted by molar-refractivity contribution is -0.114. The van der Waals surface area contributed by atoms with Crippen molar-refractivity contribution in [2.45, 2.75) is 0 Å². The number of carbonyl (C=O) groups excluding carboxylic acids is 2. The Kier molecular flexibility index (Phi) is 6.16. The highest BCUT2D eigenvalue weighted by Gasteiger charge is 2.07. The Bertz CT molecular complexity index is 768. The van der Waals surface area contributed by atoms with E-state index in [0.29, 0.717) is 11.4 Å². The van der Waals surface area contributed by atoms with Crippen LogP contribution in [0.1, 0.15) is 0 Å². The van der Waals surface area contributed by atoms with Crippen LogP contribution < -0.4 is 9.80 Å². The molecule has 0 heterocycles. The minimum absolute atomic E-state index is 0.181. The van der Waals surface area contributed by atoms with E-state index in [4.69, 9.17) is 0 Å². The predicted molar refractivity (Wildman–Crippen MR) is 104 cm³/mol. The summed E-state index contributed by atoms with van der Waals surface area (Å²) >= 11 is 0. The van der Waals surface area contributed by atoms with Gasteiger partial charge in [-0.25, -0.2) is 0 Å². The molecule has 2 aromatic carbocycles. The predicted octanol–water partition coefficient (Wildman–Crippen LogP) is 4.40. The fourth-order valence-electron chi connectivity index (χ4n) is 2.13. The molecule has 0 aromatic heterocycles. The first-order valence-electron chi connectivity index (χ1n) is 7.88. The largest absolute Gasteiger partial charge is 0.312 e. The fourth-order valence-corrected chi connectivity index (χ4v) is 2.13. The maximum atomic E-state index is 11.6. The fraction of sp³-hybridized carbons (Fsp3) is 0.100. The Hall–Kier alpha value is -3.54. The number of nitrogens with zero attached hydrogens (tertiary/aromatic N) is 4. The minimum atomic E-state index is -0.181. The summed E-state index contributed by atoms with van der Waals surface area (Å²) in [4.78, 5) is 26.1. The van der Waals surface area contributed by atoms with Gasteiger partial charge in [0.2, 0.25) is 11.8 Å². The number of amides is 2. The third kappa shape index (κ3) is 4.51. The van der Waals surface area contributed by atoms with Gasteiger partial charge in [0.05, 0.1) is 11.4 Å². The molecule has 0 atom stereocenters. The Morgan fingerprint density at radius 2 is 1.04 bits per heavy atom. The zero-order chi connectivity index (χ0) is 19.1. The van der Waals surface area contributed by atoms with Crippen molar-refractivity contribution in [3.8, 4) is 0 Å². The van der Waals surface area contributed by atoms with Gasteiger partial charge in [0.1, 0.15) is 0 Å². The molecule has 0 spiro atoms. The molecule has 2 rings (SSSR count). The van der Waals surface area contributed by atoms with E-state index < -0.39 is 0 Å². The maximum absolute atomic E-state index is 11.6. The summed E-state index contributed by atoms with van der Waals surface area (Å²) in [5.41, 5.74) is 2.81. The van der Waals surface area contributed by atoms with E-state index in [1.54, 1.807) is 62.6 Å². The van der Waals surface area contributed by atoms with Gasteiger partial charge in [0.25, 0.3) is 0 Å². The number of likely N-dealkylation sites (N-methyl/N-ethyl adjacent to an activating group) is 2. The Labute approximate surface area is 152 Å². The molecule has 0 fully saturated rings. The van der Waals surface area contributed by atoms with Crippen LogP contribution in [0.2, 0.25) is 0 Å². The molecule has 0 N–H and O–H groups in total. The van der Waals surface area contributed by atoms with E-state index >= 15 is 0 Å². The van der Waals surface area contributed by atoms with Crippen molar-refractivity contribution < 1.29 is 9.59 Å². The molecule has 0 aliphatic rings. The van der Waals surface area contributed by atoms with Gasteiger partial charge >= 0.3 is 0 Å². The van der Waals surface area contributed by atoms with Crippen LogP contribution in [0, 0.1) is 0 Å². The van der Waals surface area contributed by atoms with E-state index in [-0.39, 0.29) is 11.8 Å². The Morgan fingerprint density at radius 3 is 1.31 bits per heavy atom. The van der Waals surface area contributed by atoms with E-state index in [1.807, 2.05) is 0 Å². The van der Waals surface area contributed by atoms with Crippen molar-refractivity contribution in [1.82, 2.24) is 0 Å². The zero-order valence-electron chi connectivity index (χ0n) is 14.8. The number of hydrogen-bond acceptors (Lipinski definition) is 4. The topological polar surface area (TPSA) is 65.3 Å². The third-order valence-electron chi connectivity index (χ3n) is 3.77. The van der Waals surface area contributed by atoms with E-state index in [1.165, 1.54) is 22.0 Å². The molecule has 0 saturated heterocycles. The molecule has 0 bridgehead atoms. The van der Waals surface area contributed by atoms with E-state index in [9.17, 15) is 9.59 Å². The molecule has 6 heteroatoms. The molecule has 2 amide bonds. The van der Waals surface area contributed by atoms with E-state index in [0.717, 1.165) is 11.4 Å². The summed E-state index contributed by atoms with van der Waals surface area (Å²) in [6, 6.07) is 14.2. The van der Waals surface area contributed by atoms with Crippen molar-refractivity contribution in [2.75, 3.05) is 23.9 Å². The van der Waals surface area contributed by atoms with Crippen LogP contribution in [-0.2, 0) is 9.59 Å². The highest BCUT2D eigenvalue weighted by molar-refractivity contribution is 6.01. The van der Waals surface area contributed by atoms with Gasteiger partial charge in [0, 0.05) is 25.5 Å². The molecule has 6 nitrogen and oxygen atoms in total. The molecule has 132 valence electrons. The number of anilines is 2. The lowest BCUT2D eigenvalue weighted by Crippen LogP contribution is -2.23. The quantitative estimate of drug-likeness (QED) is 0.574. The second-order valence-electron chi connectivity index (χ2n) is 5.44. The maximum Gasteiger partial charge on any atom is 0.250 e. The van der Waals surface area contributed by atoms with Crippen molar-refractivity contribution in [3.05, 3.63) is 73.8 Å². The first kappa shape index (κ1) is 18.8. The third-order valence-corrected chi connectivity index (χ3v) is 3.77. The number of carbonyl (C=O) groups is 2. The summed E-state index contributed by atoms with van der Waals surface area (Å²) in [5.74, 6) is -0.362. The average Bonchev–Trinajstić information content (AvgIpc) is 2.70. The number of azo groups is 1. The highest BCUT2D eigenvalue weighted by atomic mass is 16.2. The number of rotatable bonds is 6. The molecule has 2 aromatic rings. The monoisotopic (exact) mass is 348 g/mol. The first-order chi connectivity index (χ1) is 12.5. The molecule has 0 unspecified atom stereocenters. The van der Waals surface area contributed by atoms with Crippen LogP contribution in [0.25, 0.3) is 0 Å². The Balaban J connectivity index is 2.07. The molecule has 0 saturated carbocycles.